The molecule has 0 radical (unpaired) electrons. The van der Waals surface area contributed by atoms with E-state index in [4.69, 9.17) is 0 Å². The van der Waals surface area contributed by atoms with Crippen molar-refractivity contribution in [2.24, 2.45) is 29.6 Å². The lowest BCUT2D eigenvalue weighted by Gasteiger charge is -2.43. The topological polar surface area (TPSA) is 70.2 Å². The average molecular weight is 517 g/mol. The lowest BCUT2D eigenvalue weighted by Crippen LogP contribution is -2.42. The van der Waals surface area contributed by atoms with Gasteiger partial charge in [-0.05, 0) is 52.8 Å². The predicted octanol–water partition coefficient (Wildman–Crippen LogP) is 5.41. The van der Waals surface area contributed by atoms with Crippen LogP contribution in [0.5, 0.6) is 0 Å². The third-order valence-corrected chi connectivity index (χ3v) is 11.5. The molecule has 2 saturated carbocycles. The highest BCUT2D eigenvalue weighted by Gasteiger charge is 2.69. The minimum absolute atomic E-state index is 0.0290. The number of carbonyl (C=O) groups excluding carboxylic acids is 2. The number of para-hydroxylation sites is 1. The Hall–Kier alpha value is -2.64. The number of rotatable bonds is 2. The summed E-state index contributed by atoms with van der Waals surface area (Å²) in [5, 5.41) is 1.17. The van der Waals surface area contributed by atoms with Crippen LogP contribution in [-0.4, -0.2) is 22.0 Å². The van der Waals surface area contributed by atoms with Crippen molar-refractivity contribution in [2.45, 2.75) is 48.8 Å². The summed E-state index contributed by atoms with van der Waals surface area (Å²) in [5.41, 5.74) is 3.22. The van der Waals surface area contributed by atoms with Gasteiger partial charge in [0.15, 0.2) is 0 Å². The molecule has 4 aliphatic rings. The van der Waals surface area contributed by atoms with E-state index in [1.807, 2.05) is 30.3 Å². The minimum Gasteiger partial charge on any atom is -0.307 e. The molecule has 7 heteroatoms. The highest BCUT2D eigenvalue weighted by Crippen LogP contribution is 2.68. The van der Waals surface area contributed by atoms with E-state index in [1.165, 1.54) is 27.4 Å². The van der Waals surface area contributed by atoms with Crippen molar-refractivity contribution in [3.05, 3.63) is 80.3 Å². The number of fused-ring (bicyclic) bond motifs is 9. The van der Waals surface area contributed by atoms with Crippen molar-refractivity contribution in [3.63, 3.8) is 0 Å². The fourth-order valence-electron chi connectivity index (χ4n) is 7.41. The Morgan fingerprint density at radius 1 is 0.889 bits per heavy atom. The van der Waals surface area contributed by atoms with Gasteiger partial charge < -0.3 is 4.98 Å². The second-order valence-corrected chi connectivity index (χ2v) is 13.9. The van der Waals surface area contributed by atoms with E-state index in [9.17, 15) is 14.4 Å². The number of hydrogen-bond donors (Lipinski definition) is 1. The van der Waals surface area contributed by atoms with Gasteiger partial charge in [0, 0.05) is 16.0 Å². The van der Waals surface area contributed by atoms with E-state index >= 15 is 0 Å². The van der Waals surface area contributed by atoms with Gasteiger partial charge in [-0.2, -0.15) is 0 Å². The molecule has 36 heavy (non-hydrogen) atoms. The molecule has 5 nitrogen and oxygen atoms in total. The van der Waals surface area contributed by atoms with Gasteiger partial charge >= 0.3 is 4.87 Å². The van der Waals surface area contributed by atoms with Crippen molar-refractivity contribution < 1.29 is 9.59 Å². The smallest absolute Gasteiger partial charge is 0.305 e. The van der Waals surface area contributed by atoms with E-state index in [0.717, 1.165) is 16.3 Å². The molecule has 0 unspecified atom stereocenters. The van der Waals surface area contributed by atoms with Crippen molar-refractivity contribution in [2.75, 3.05) is 4.90 Å². The number of amides is 2. The molecule has 2 bridgehead atoms. The van der Waals surface area contributed by atoms with Crippen LogP contribution >= 0.6 is 23.1 Å². The van der Waals surface area contributed by atoms with Gasteiger partial charge in [0.25, 0.3) is 0 Å². The Morgan fingerprint density at radius 3 is 2.22 bits per heavy atom. The molecule has 2 aliphatic carbocycles. The van der Waals surface area contributed by atoms with Crippen LogP contribution in [0.4, 0.5) is 5.69 Å². The third kappa shape index (κ3) is 3.05. The Morgan fingerprint density at radius 2 is 1.56 bits per heavy atom. The van der Waals surface area contributed by atoms with E-state index in [-0.39, 0.29) is 62.9 Å². The summed E-state index contributed by atoms with van der Waals surface area (Å²) in [5.74, 6) is -0.0266. The maximum absolute atomic E-state index is 13.8. The van der Waals surface area contributed by atoms with Crippen LogP contribution in [-0.2, 0) is 15.0 Å². The summed E-state index contributed by atoms with van der Waals surface area (Å²) in [4.78, 5) is 45.4. The number of aromatic nitrogens is 1. The van der Waals surface area contributed by atoms with Gasteiger partial charge in [0.05, 0.1) is 22.5 Å². The molecular formula is C29H28N2O3S2. The minimum atomic E-state index is -0.266. The number of aromatic amines is 1. The van der Waals surface area contributed by atoms with Crippen molar-refractivity contribution in [3.8, 4) is 0 Å². The summed E-state index contributed by atoms with van der Waals surface area (Å²) in [6.07, 6.45) is 0.910. The van der Waals surface area contributed by atoms with E-state index in [1.54, 1.807) is 11.8 Å². The normalized spacial score (nSPS) is 32.5. The molecule has 3 fully saturated rings. The maximum atomic E-state index is 13.8. The molecule has 184 valence electrons. The van der Waals surface area contributed by atoms with Crippen molar-refractivity contribution >= 4 is 40.6 Å². The second kappa shape index (κ2) is 7.68. The Bertz CT molecular complexity index is 1440. The fraction of sp³-hybridized carbons (Fsp3) is 0.414. The first-order valence-electron chi connectivity index (χ1n) is 12.7. The molecule has 1 aromatic heterocycles. The van der Waals surface area contributed by atoms with Crippen molar-refractivity contribution in [1.82, 2.24) is 4.98 Å². The van der Waals surface area contributed by atoms with Crippen LogP contribution in [0, 0.1) is 29.6 Å². The lowest BCUT2D eigenvalue weighted by molar-refractivity contribution is -0.123. The zero-order chi connectivity index (χ0) is 24.9. The molecule has 1 N–H and O–H groups in total. The van der Waals surface area contributed by atoms with Gasteiger partial charge in [0.1, 0.15) is 0 Å². The van der Waals surface area contributed by atoms with Gasteiger partial charge in [0.2, 0.25) is 11.8 Å². The number of anilines is 1. The first-order valence-corrected chi connectivity index (χ1v) is 14.4. The fourth-order valence-corrected chi connectivity index (χ4v) is 10.3. The number of H-pyrrole nitrogens is 1. The number of thioether (sulfide) groups is 1. The van der Waals surface area contributed by atoms with E-state index in [0.29, 0.717) is 5.69 Å². The predicted molar refractivity (Wildman–Crippen MR) is 143 cm³/mol. The molecule has 2 aliphatic heterocycles. The zero-order valence-corrected chi connectivity index (χ0v) is 22.1. The number of nitrogens with zero attached hydrogens (tertiary/aromatic N) is 1. The molecule has 7 atom stereocenters. The Labute approximate surface area is 218 Å². The van der Waals surface area contributed by atoms with Gasteiger partial charge in [-0.1, -0.05) is 74.6 Å². The number of nitrogens with one attached hydrogen (secondary N) is 1. The SMILES string of the molecule is CC(C)(C)c1ccc([C@H]2c3sc(=O)[nH]c3S[C@H]3[C@@H]4C[C@H]([C@H]5C(=O)N(c6ccccc6)C(=O)[C@H]45)[C@H]23)cc1. The average Bonchev–Trinajstić information content (AvgIpc) is 3.58. The van der Waals surface area contributed by atoms with Crippen LogP contribution < -0.4 is 9.77 Å². The zero-order valence-electron chi connectivity index (χ0n) is 20.4. The van der Waals surface area contributed by atoms with Crippen LogP contribution in [0.15, 0.2) is 64.4 Å². The standard InChI is InChI=1S/C29H28N2O3S2/c1-29(2,3)15-11-9-14(10-12-15)19-20-17-13-18(23(20)35-25-24(19)36-28(34)30-25)22-21(17)26(32)31(27(22)33)16-7-5-4-6-8-16/h4-12,17-23H,13H2,1-3H3,(H,30,34)/t17-,18+,19+,20+,21+,22+,23-/m0/s1. The van der Waals surface area contributed by atoms with Crippen molar-refractivity contribution in [1.29, 1.82) is 0 Å². The summed E-state index contributed by atoms with van der Waals surface area (Å²) in [6.45, 7) is 6.63. The van der Waals surface area contributed by atoms with Gasteiger partial charge in [-0.25, -0.2) is 0 Å². The summed E-state index contributed by atoms with van der Waals surface area (Å²) in [7, 11) is 0. The maximum Gasteiger partial charge on any atom is 0.305 e. The third-order valence-electron chi connectivity index (χ3n) is 8.87. The Kier molecular flexibility index (Phi) is 4.81. The molecule has 3 aromatic rings. The highest BCUT2D eigenvalue weighted by atomic mass is 32.2. The monoisotopic (exact) mass is 516 g/mol. The molecule has 2 amide bonds. The molecule has 0 spiro atoms. The number of benzene rings is 2. The quantitative estimate of drug-likeness (QED) is 0.462. The molecule has 2 aromatic carbocycles. The number of carbonyl (C=O) groups is 2. The van der Waals surface area contributed by atoms with E-state index < -0.39 is 0 Å². The summed E-state index contributed by atoms with van der Waals surface area (Å²) >= 11 is 3.05. The van der Waals surface area contributed by atoms with Gasteiger partial charge in [-0.3, -0.25) is 19.3 Å². The molecule has 7 rings (SSSR count). The first kappa shape index (κ1) is 22.5. The van der Waals surface area contributed by atoms with Crippen LogP contribution in [0.3, 0.4) is 0 Å². The second-order valence-electron chi connectivity index (χ2n) is 11.7. The van der Waals surface area contributed by atoms with E-state index in [2.05, 4.69) is 50.0 Å². The van der Waals surface area contributed by atoms with Crippen LogP contribution in [0.25, 0.3) is 0 Å². The summed E-state index contributed by atoms with van der Waals surface area (Å²) < 4.78 is 0. The highest BCUT2D eigenvalue weighted by molar-refractivity contribution is 8.00. The lowest BCUT2D eigenvalue weighted by atomic mass is 9.68. The molecule has 1 saturated heterocycles. The molecular weight excluding hydrogens is 488 g/mol. The largest absolute Gasteiger partial charge is 0.307 e. The number of hydrogen-bond acceptors (Lipinski definition) is 5. The first-order chi connectivity index (χ1) is 17.2. The van der Waals surface area contributed by atoms with Gasteiger partial charge in [-0.15, -0.1) is 11.8 Å². The summed E-state index contributed by atoms with van der Waals surface area (Å²) in [6, 6.07) is 18.2. The molecule has 3 heterocycles. The number of imide groups is 1. The van der Waals surface area contributed by atoms with Crippen LogP contribution in [0.2, 0.25) is 0 Å². The Balaban J connectivity index is 1.31. The number of thiazole rings is 1. The van der Waals surface area contributed by atoms with Crippen LogP contribution in [0.1, 0.15) is 49.1 Å².